The van der Waals surface area contributed by atoms with Gasteiger partial charge in [0.1, 0.15) is 11.4 Å². The summed E-state index contributed by atoms with van der Waals surface area (Å²) in [5, 5.41) is 13.2. The Kier molecular flexibility index (Phi) is 3.68. The normalized spacial score (nSPS) is 10.9. The average molecular weight is 336 g/mol. The zero-order valence-corrected chi connectivity index (χ0v) is 13.0. The zero-order valence-electron chi connectivity index (χ0n) is 11.5. The minimum Gasteiger partial charge on any atom is -0.506 e. The number of amides is 1. The van der Waals surface area contributed by atoms with E-state index in [1.54, 1.807) is 37.4 Å². The number of benzene rings is 1. The maximum absolute atomic E-state index is 12.5. The molecule has 0 aliphatic carbocycles. The van der Waals surface area contributed by atoms with Crippen LogP contribution in [0.4, 0.5) is 5.69 Å². The average Bonchev–Trinajstić information content (AvgIpc) is 2.78. The van der Waals surface area contributed by atoms with Crippen LogP contribution in [0.5, 0.6) is 5.75 Å². The fourth-order valence-electron chi connectivity index (χ4n) is 2.22. The van der Waals surface area contributed by atoms with E-state index in [1.165, 1.54) is 10.5 Å². The number of para-hydroxylation sites is 2. The van der Waals surface area contributed by atoms with Gasteiger partial charge in [0.25, 0.3) is 5.91 Å². The summed E-state index contributed by atoms with van der Waals surface area (Å²) in [6.07, 6.45) is 1.57. The Labute approximate surface area is 136 Å². The largest absolute Gasteiger partial charge is 0.506 e. The molecule has 0 unspecified atom stereocenters. The van der Waals surface area contributed by atoms with Crippen molar-refractivity contribution in [2.24, 2.45) is 0 Å². The summed E-state index contributed by atoms with van der Waals surface area (Å²) in [6.45, 7) is 1.71. The van der Waals surface area contributed by atoms with E-state index in [0.717, 1.165) is 0 Å². The van der Waals surface area contributed by atoms with Gasteiger partial charge in [0.15, 0.2) is 5.65 Å². The number of aryl methyl sites for hydroxylation is 1. The molecule has 0 bridgehead atoms. The molecule has 112 valence electrons. The van der Waals surface area contributed by atoms with Crippen LogP contribution in [0.25, 0.3) is 5.65 Å². The zero-order chi connectivity index (χ0) is 15.9. The Hall–Kier alpha value is -2.24. The molecule has 7 heteroatoms. The third-order valence-corrected chi connectivity index (χ3v) is 3.67. The monoisotopic (exact) mass is 335 g/mol. The lowest BCUT2D eigenvalue weighted by molar-refractivity contribution is 0.102. The number of carbonyl (C=O) groups is 1. The highest BCUT2D eigenvalue weighted by Crippen LogP contribution is 2.26. The summed E-state index contributed by atoms with van der Waals surface area (Å²) >= 11 is 12.1. The van der Waals surface area contributed by atoms with Crippen molar-refractivity contribution in [2.75, 3.05) is 5.32 Å². The molecule has 0 spiro atoms. The first-order valence-electron chi connectivity index (χ1n) is 6.40. The number of hydrogen-bond donors (Lipinski definition) is 2. The van der Waals surface area contributed by atoms with Crippen molar-refractivity contribution < 1.29 is 9.90 Å². The van der Waals surface area contributed by atoms with Gasteiger partial charge in [0.2, 0.25) is 0 Å². The summed E-state index contributed by atoms with van der Waals surface area (Å²) in [7, 11) is 0. The number of anilines is 1. The standard InChI is InChI=1S/C15H11Cl2N3O2/c1-8-13(15(22)19-11-4-2-3-5-12(11)21)20-7-9(16)6-10(17)14(20)18-8/h2-7,21H,1H3,(H,19,22). The fraction of sp³-hybridized carbons (Fsp3) is 0.0667. The molecule has 0 atom stereocenters. The van der Waals surface area contributed by atoms with E-state index < -0.39 is 5.91 Å². The number of fused-ring (bicyclic) bond motifs is 1. The molecule has 0 saturated carbocycles. The second-order valence-electron chi connectivity index (χ2n) is 4.72. The smallest absolute Gasteiger partial charge is 0.274 e. The molecular formula is C15H11Cl2N3O2. The number of aromatic hydroxyl groups is 1. The highest BCUT2D eigenvalue weighted by atomic mass is 35.5. The summed E-state index contributed by atoms with van der Waals surface area (Å²) in [4.78, 5) is 16.8. The van der Waals surface area contributed by atoms with Crippen molar-refractivity contribution in [3.63, 3.8) is 0 Å². The van der Waals surface area contributed by atoms with Crippen molar-refractivity contribution in [2.45, 2.75) is 6.92 Å². The maximum Gasteiger partial charge on any atom is 0.274 e. The molecule has 5 nitrogen and oxygen atoms in total. The molecule has 0 aliphatic heterocycles. The van der Waals surface area contributed by atoms with Gasteiger partial charge in [0.05, 0.1) is 21.4 Å². The van der Waals surface area contributed by atoms with Crippen molar-refractivity contribution in [3.8, 4) is 5.75 Å². The fourth-order valence-corrected chi connectivity index (χ4v) is 2.73. The van der Waals surface area contributed by atoms with E-state index in [0.29, 0.717) is 32.8 Å². The molecule has 22 heavy (non-hydrogen) atoms. The van der Waals surface area contributed by atoms with Crippen LogP contribution in [-0.2, 0) is 0 Å². The van der Waals surface area contributed by atoms with Crippen LogP contribution in [0.2, 0.25) is 10.0 Å². The van der Waals surface area contributed by atoms with E-state index in [2.05, 4.69) is 10.3 Å². The number of nitrogens with zero attached hydrogens (tertiary/aromatic N) is 2. The first kappa shape index (κ1) is 14.7. The van der Waals surface area contributed by atoms with Gasteiger partial charge in [-0.05, 0) is 25.1 Å². The summed E-state index contributed by atoms with van der Waals surface area (Å²) in [5.41, 5.74) is 1.58. The number of pyridine rings is 1. The number of halogens is 2. The first-order chi connectivity index (χ1) is 10.5. The molecule has 0 saturated heterocycles. The molecule has 1 amide bonds. The number of hydrogen-bond acceptors (Lipinski definition) is 3. The molecule has 1 aromatic carbocycles. The van der Waals surface area contributed by atoms with E-state index in [9.17, 15) is 9.90 Å². The Bertz CT molecular complexity index is 890. The Balaban J connectivity index is 2.08. The molecule has 3 aromatic rings. The predicted molar refractivity (Wildman–Crippen MR) is 86.0 cm³/mol. The maximum atomic E-state index is 12.5. The predicted octanol–water partition coefficient (Wildman–Crippen LogP) is 3.91. The van der Waals surface area contributed by atoms with E-state index in [-0.39, 0.29) is 5.75 Å². The first-order valence-corrected chi connectivity index (χ1v) is 7.16. The van der Waals surface area contributed by atoms with Gasteiger partial charge < -0.3 is 10.4 Å². The highest BCUT2D eigenvalue weighted by Gasteiger charge is 2.19. The minimum atomic E-state index is -0.412. The minimum absolute atomic E-state index is 0.0154. The Morgan fingerprint density at radius 1 is 1.32 bits per heavy atom. The Morgan fingerprint density at radius 3 is 2.77 bits per heavy atom. The van der Waals surface area contributed by atoms with Crippen LogP contribution < -0.4 is 5.32 Å². The van der Waals surface area contributed by atoms with Gasteiger partial charge in [-0.2, -0.15) is 0 Å². The van der Waals surface area contributed by atoms with E-state index in [4.69, 9.17) is 23.2 Å². The Morgan fingerprint density at radius 2 is 2.05 bits per heavy atom. The van der Waals surface area contributed by atoms with Crippen LogP contribution in [0.1, 0.15) is 16.2 Å². The third kappa shape index (κ3) is 2.49. The highest BCUT2D eigenvalue weighted by molar-refractivity contribution is 6.36. The SMILES string of the molecule is Cc1nc2c(Cl)cc(Cl)cn2c1C(=O)Nc1ccccc1O. The van der Waals surface area contributed by atoms with Crippen molar-refractivity contribution >= 4 is 40.4 Å². The van der Waals surface area contributed by atoms with Gasteiger partial charge in [-0.1, -0.05) is 35.3 Å². The van der Waals surface area contributed by atoms with Gasteiger partial charge >= 0.3 is 0 Å². The number of rotatable bonds is 2. The van der Waals surface area contributed by atoms with E-state index in [1.807, 2.05) is 0 Å². The lowest BCUT2D eigenvalue weighted by Crippen LogP contribution is -2.15. The quantitative estimate of drug-likeness (QED) is 0.698. The van der Waals surface area contributed by atoms with Gasteiger partial charge in [-0.15, -0.1) is 0 Å². The van der Waals surface area contributed by atoms with Gasteiger partial charge in [-0.25, -0.2) is 4.98 Å². The number of imidazole rings is 1. The number of phenols is 1. The number of aromatic nitrogens is 2. The van der Waals surface area contributed by atoms with Crippen molar-refractivity contribution in [1.29, 1.82) is 0 Å². The van der Waals surface area contributed by atoms with Crippen molar-refractivity contribution in [1.82, 2.24) is 9.38 Å². The number of nitrogens with one attached hydrogen (secondary N) is 1. The topological polar surface area (TPSA) is 66.6 Å². The third-order valence-electron chi connectivity index (χ3n) is 3.18. The summed E-state index contributed by atoms with van der Waals surface area (Å²) in [6, 6.07) is 8.04. The summed E-state index contributed by atoms with van der Waals surface area (Å²) < 4.78 is 1.54. The molecule has 3 rings (SSSR count). The number of phenolic OH excluding ortho intramolecular Hbond substituents is 1. The lowest BCUT2D eigenvalue weighted by atomic mass is 10.2. The second-order valence-corrected chi connectivity index (χ2v) is 5.56. The number of carbonyl (C=O) groups excluding carboxylic acids is 1. The van der Waals surface area contributed by atoms with E-state index >= 15 is 0 Å². The molecule has 0 aliphatic rings. The van der Waals surface area contributed by atoms with Crippen LogP contribution >= 0.6 is 23.2 Å². The molecule has 0 fully saturated rings. The van der Waals surface area contributed by atoms with Gasteiger partial charge in [0, 0.05) is 6.20 Å². The molecule has 2 heterocycles. The van der Waals surface area contributed by atoms with Gasteiger partial charge in [-0.3, -0.25) is 9.20 Å². The second kappa shape index (κ2) is 5.51. The van der Waals surface area contributed by atoms with Crippen LogP contribution in [0.15, 0.2) is 36.5 Å². The van der Waals surface area contributed by atoms with Crippen LogP contribution in [0.3, 0.4) is 0 Å². The molecular weight excluding hydrogens is 325 g/mol. The summed E-state index contributed by atoms with van der Waals surface area (Å²) in [5.74, 6) is -0.428. The lowest BCUT2D eigenvalue weighted by Gasteiger charge is -2.08. The van der Waals surface area contributed by atoms with Crippen LogP contribution in [0, 0.1) is 6.92 Å². The van der Waals surface area contributed by atoms with Crippen molar-refractivity contribution in [3.05, 3.63) is 58.0 Å². The molecule has 2 aromatic heterocycles. The van der Waals surface area contributed by atoms with Crippen LogP contribution in [-0.4, -0.2) is 20.4 Å². The molecule has 2 N–H and O–H groups in total. The molecule has 0 radical (unpaired) electrons.